The Morgan fingerprint density at radius 1 is 0.966 bits per heavy atom. The van der Waals surface area contributed by atoms with Crippen molar-refractivity contribution in [3.05, 3.63) is 60.2 Å². The fraction of sp³-hybridized carbons (Fsp3) is 0.409. The standard InChI is InChI=1S/C22H31N3O3S/c1-5-25(6-2)29(27,28)20-14-12-19(13-15-20)24-21(26)16-23-22(17(3)4)18-10-8-7-9-11-18/h7-15,17,22-23H,5-6,16H2,1-4H3,(H,24,26)/t22-/m0/s1. The van der Waals surface area contributed by atoms with Gasteiger partial charge in [-0.1, -0.05) is 58.0 Å². The summed E-state index contributed by atoms with van der Waals surface area (Å²) in [7, 11) is -3.50. The molecule has 0 saturated heterocycles. The molecule has 1 amide bonds. The molecule has 6 nitrogen and oxygen atoms in total. The summed E-state index contributed by atoms with van der Waals surface area (Å²) >= 11 is 0. The molecule has 158 valence electrons. The van der Waals surface area contributed by atoms with E-state index in [2.05, 4.69) is 24.5 Å². The van der Waals surface area contributed by atoms with Crippen molar-refractivity contribution in [2.24, 2.45) is 5.92 Å². The molecule has 2 aromatic rings. The average Bonchev–Trinajstić information content (AvgIpc) is 2.70. The SMILES string of the molecule is CCN(CC)S(=O)(=O)c1ccc(NC(=O)CN[C@H](c2ccccc2)C(C)C)cc1. The number of carbonyl (C=O) groups is 1. The van der Waals surface area contributed by atoms with E-state index in [1.807, 2.05) is 44.2 Å². The van der Waals surface area contributed by atoms with Gasteiger partial charge in [-0.05, 0) is 35.7 Å². The third-order valence-corrected chi connectivity index (χ3v) is 6.85. The van der Waals surface area contributed by atoms with E-state index in [9.17, 15) is 13.2 Å². The van der Waals surface area contributed by atoms with Crippen molar-refractivity contribution in [1.29, 1.82) is 0 Å². The fourth-order valence-corrected chi connectivity index (χ4v) is 4.69. The van der Waals surface area contributed by atoms with Gasteiger partial charge in [0.25, 0.3) is 0 Å². The summed E-state index contributed by atoms with van der Waals surface area (Å²) in [6, 6.07) is 16.4. The van der Waals surface area contributed by atoms with Crippen LogP contribution in [0.1, 0.15) is 39.3 Å². The number of sulfonamides is 1. The van der Waals surface area contributed by atoms with Crippen LogP contribution in [-0.4, -0.2) is 38.3 Å². The van der Waals surface area contributed by atoms with E-state index in [4.69, 9.17) is 0 Å². The minimum absolute atomic E-state index is 0.0727. The summed E-state index contributed by atoms with van der Waals surface area (Å²) in [5.41, 5.74) is 1.71. The molecule has 0 aliphatic carbocycles. The average molecular weight is 418 g/mol. The van der Waals surface area contributed by atoms with Crippen LogP contribution in [0.5, 0.6) is 0 Å². The molecule has 0 unspecified atom stereocenters. The first-order valence-corrected chi connectivity index (χ1v) is 11.4. The number of nitrogens with zero attached hydrogens (tertiary/aromatic N) is 1. The number of rotatable bonds is 10. The lowest BCUT2D eigenvalue weighted by molar-refractivity contribution is -0.115. The van der Waals surface area contributed by atoms with E-state index in [1.165, 1.54) is 16.4 Å². The van der Waals surface area contributed by atoms with Crippen LogP contribution < -0.4 is 10.6 Å². The van der Waals surface area contributed by atoms with Crippen LogP contribution in [0.25, 0.3) is 0 Å². The lowest BCUT2D eigenvalue weighted by atomic mass is 9.96. The number of anilines is 1. The van der Waals surface area contributed by atoms with Crippen LogP contribution >= 0.6 is 0 Å². The monoisotopic (exact) mass is 417 g/mol. The van der Waals surface area contributed by atoms with Gasteiger partial charge >= 0.3 is 0 Å². The van der Waals surface area contributed by atoms with E-state index < -0.39 is 10.0 Å². The quantitative estimate of drug-likeness (QED) is 0.619. The van der Waals surface area contributed by atoms with Crippen molar-refractivity contribution >= 4 is 21.6 Å². The third-order valence-electron chi connectivity index (χ3n) is 4.79. The van der Waals surface area contributed by atoms with Gasteiger partial charge in [0, 0.05) is 24.8 Å². The second-order valence-electron chi connectivity index (χ2n) is 7.18. The molecule has 0 spiro atoms. The van der Waals surface area contributed by atoms with Crippen LogP contribution in [0.15, 0.2) is 59.5 Å². The molecule has 0 bridgehead atoms. The van der Waals surface area contributed by atoms with Crippen molar-refractivity contribution < 1.29 is 13.2 Å². The topological polar surface area (TPSA) is 78.5 Å². The van der Waals surface area contributed by atoms with Crippen molar-refractivity contribution in [3.63, 3.8) is 0 Å². The summed E-state index contributed by atoms with van der Waals surface area (Å²) in [5.74, 6) is 0.153. The summed E-state index contributed by atoms with van der Waals surface area (Å²) in [6.07, 6.45) is 0. The van der Waals surface area contributed by atoms with Crippen LogP contribution in [0.3, 0.4) is 0 Å². The molecule has 1 atom stereocenters. The Balaban J connectivity index is 1.99. The van der Waals surface area contributed by atoms with Gasteiger partial charge in [0.2, 0.25) is 15.9 Å². The summed E-state index contributed by atoms with van der Waals surface area (Å²) < 4.78 is 26.5. The van der Waals surface area contributed by atoms with Crippen LogP contribution in [0.2, 0.25) is 0 Å². The predicted molar refractivity (Wildman–Crippen MR) is 117 cm³/mol. The largest absolute Gasteiger partial charge is 0.325 e. The van der Waals surface area contributed by atoms with Gasteiger partial charge in [-0.3, -0.25) is 4.79 Å². The number of carbonyl (C=O) groups excluding carboxylic acids is 1. The Morgan fingerprint density at radius 3 is 2.07 bits per heavy atom. The molecule has 2 N–H and O–H groups in total. The molecule has 7 heteroatoms. The van der Waals surface area contributed by atoms with Crippen molar-refractivity contribution in [3.8, 4) is 0 Å². The molecular weight excluding hydrogens is 386 g/mol. The Bertz CT molecular complexity index is 877. The van der Waals surface area contributed by atoms with Gasteiger partial charge in [-0.2, -0.15) is 4.31 Å². The summed E-state index contributed by atoms with van der Waals surface area (Å²) in [4.78, 5) is 12.6. The van der Waals surface area contributed by atoms with Crippen LogP contribution in [0, 0.1) is 5.92 Å². The maximum atomic E-state index is 12.5. The molecule has 0 radical (unpaired) electrons. The first-order valence-electron chi connectivity index (χ1n) is 9.98. The Labute approximate surface area is 174 Å². The minimum Gasteiger partial charge on any atom is -0.325 e. The number of amides is 1. The van der Waals surface area contributed by atoms with Gasteiger partial charge < -0.3 is 10.6 Å². The molecule has 0 heterocycles. The second-order valence-corrected chi connectivity index (χ2v) is 9.11. The molecule has 0 saturated carbocycles. The second kappa shape index (κ2) is 10.5. The zero-order valence-electron chi connectivity index (χ0n) is 17.6. The molecule has 2 aromatic carbocycles. The first-order chi connectivity index (χ1) is 13.8. The van der Waals surface area contributed by atoms with Crippen molar-refractivity contribution in [1.82, 2.24) is 9.62 Å². The Kier molecular flexibility index (Phi) is 8.37. The molecule has 2 rings (SSSR count). The van der Waals surface area contributed by atoms with E-state index in [1.54, 1.807) is 12.1 Å². The van der Waals surface area contributed by atoms with E-state index in [0.717, 1.165) is 5.56 Å². The van der Waals surface area contributed by atoms with Crippen molar-refractivity contribution in [2.75, 3.05) is 25.0 Å². The smallest absolute Gasteiger partial charge is 0.243 e. The highest BCUT2D eigenvalue weighted by atomic mass is 32.2. The maximum Gasteiger partial charge on any atom is 0.243 e. The lowest BCUT2D eigenvalue weighted by Gasteiger charge is -2.22. The third kappa shape index (κ3) is 6.13. The van der Waals surface area contributed by atoms with Crippen LogP contribution in [0.4, 0.5) is 5.69 Å². The van der Waals surface area contributed by atoms with Gasteiger partial charge in [-0.15, -0.1) is 0 Å². The lowest BCUT2D eigenvalue weighted by Crippen LogP contribution is -2.33. The van der Waals surface area contributed by atoms with Gasteiger partial charge in [0.05, 0.1) is 11.4 Å². The van der Waals surface area contributed by atoms with Gasteiger partial charge in [0.15, 0.2) is 0 Å². The summed E-state index contributed by atoms with van der Waals surface area (Å²) in [6.45, 7) is 8.83. The molecular formula is C22H31N3O3S. The van der Waals surface area contributed by atoms with E-state index >= 15 is 0 Å². The number of hydrogen-bond donors (Lipinski definition) is 2. The highest BCUT2D eigenvalue weighted by Crippen LogP contribution is 2.21. The normalized spacial score (nSPS) is 12.9. The maximum absolute atomic E-state index is 12.5. The highest BCUT2D eigenvalue weighted by Gasteiger charge is 2.21. The molecule has 0 aromatic heterocycles. The number of nitrogens with one attached hydrogen (secondary N) is 2. The first kappa shape index (κ1) is 23.1. The predicted octanol–water partition coefficient (Wildman–Crippen LogP) is 3.64. The Morgan fingerprint density at radius 2 is 1.55 bits per heavy atom. The molecule has 0 aliphatic heterocycles. The van der Waals surface area contributed by atoms with E-state index in [0.29, 0.717) is 24.7 Å². The highest BCUT2D eigenvalue weighted by molar-refractivity contribution is 7.89. The minimum atomic E-state index is -3.50. The molecule has 29 heavy (non-hydrogen) atoms. The zero-order valence-corrected chi connectivity index (χ0v) is 18.4. The fourth-order valence-electron chi connectivity index (χ4n) is 3.23. The van der Waals surface area contributed by atoms with E-state index in [-0.39, 0.29) is 23.4 Å². The van der Waals surface area contributed by atoms with Crippen LogP contribution in [-0.2, 0) is 14.8 Å². The molecule has 0 fully saturated rings. The Hall–Kier alpha value is -2.22. The summed E-state index contributed by atoms with van der Waals surface area (Å²) in [5, 5.41) is 6.12. The van der Waals surface area contributed by atoms with Gasteiger partial charge in [0.1, 0.15) is 0 Å². The number of benzene rings is 2. The molecule has 0 aliphatic rings. The zero-order chi connectivity index (χ0) is 21.4. The number of hydrogen-bond acceptors (Lipinski definition) is 4. The van der Waals surface area contributed by atoms with Crippen molar-refractivity contribution in [2.45, 2.75) is 38.6 Å². The van der Waals surface area contributed by atoms with Gasteiger partial charge in [-0.25, -0.2) is 8.42 Å².